The third-order valence-electron chi connectivity index (χ3n) is 3.16. The van der Waals surface area contributed by atoms with Crippen molar-refractivity contribution in [1.82, 2.24) is 10.2 Å². The Labute approximate surface area is 122 Å². The first-order valence-corrected chi connectivity index (χ1v) is 6.61. The lowest BCUT2D eigenvalue weighted by molar-refractivity contribution is -0.140. The van der Waals surface area contributed by atoms with Gasteiger partial charge in [-0.05, 0) is 18.4 Å². The van der Waals surface area contributed by atoms with E-state index >= 15 is 0 Å². The van der Waals surface area contributed by atoms with Crippen LogP contribution in [0.2, 0.25) is 0 Å². The second kappa shape index (κ2) is 8.25. The van der Waals surface area contributed by atoms with Gasteiger partial charge in [-0.1, -0.05) is 6.08 Å². The molecule has 118 valence electrons. The minimum atomic E-state index is -1.24. The van der Waals surface area contributed by atoms with Gasteiger partial charge in [-0.3, -0.25) is 4.79 Å². The Morgan fingerprint density at radius 1 is 1.43 bits per heavy atom. The molecule has 8 heteroatoms. The topological polar surface area (TPSA) is 116 Å². The van der Waals surface area contributed by atoms with Gasteiger partial charge in [-0.15, -0.1) is 0 Å². The van der Waals surface area contributed by atoms with E-state index in [-0.39, 0.29) is 12.8 Å². The van der Waals surface area contributed by atoms with Crippen LogP contribution in [-0.4, -0.2) is 65.9 Å². The number of amides is 2. The van der Waals surface area contributed by atoms with Crippen molar-refractivity contribution in [3.05, 3.63) is 11.6 Å². The third-order valence-corrected chi connectivity index (χ3v) is 3.16. The quantitative estimate of drug-likeness (QED) is 0.582. The fourth-order valence-corrected chi connectivity index (χ4v) is 1.98. The molecule has 1 aliphatic rings. The predicted octanol–water partition coefficient (Wildman–Crippen LogP) is 0.293. The second-order valence-electron chi connectivity index (χ2n) is 4.76. The minimum absolute atomic E-state index is 0.144. The first-order chi connectivity index (χ1) is 9.93. The molecule has 1 atom stereocenters. The number of ether oxygens (including phenoxy) is 1. The maximum absolute atomic E-state index is 12.0. The molecule has 0 saturated heterocycles. The Balaban J connectivity index is 2.51. The van der Waals surface area contributed by atoms with Gasteiger partial charge in [0, 0.05) is 26.6 Å². The van der Waals surface area contributed by atoms with Crippen LogP contribution in [0.1, 0.15) is 19.3 Å². The highest BCUT2D eigenvalue weighted by Crippen LogP contribution is 2.11. The molecule has 1 rings (SSSR count). The molecule has 0 aromatic heterocycles. The summed E-state index contributed by atoms with van der Waals surface area (Å²) in [6, 6.07) is -1.70. The van der Waals surface area contributed by atoms with Gasteiger partial charge in [0.1, 0.15) is 6.04 Å². The summed E-state index contributed by atoms with van der Waals surface area (Å²) < 4.78 is 5.01. The normalized spacial score (nSPS) is 16.0. The van der Waals surface area contributed by atoms with E-state index in [1.54, 1.807) is 7.11 Å². The van der Waals surface area contributed by atoms with E-state index in [9.17, 15) is 14.4 Å². The maximum atomic E-state index is 12.0. The summed E-state index contributed by atoms with van der Waals surface area (Å²) in [6.07, 6.45) is 2.10. The summed E-state index contributed by atoms with van der Waals surface area (Å²) in [5.41, 5.74) is 1.10. The summed E-state index contributed by atoms with van der Waals surface area (Å²) in [6.45, 7) is 1.38. The van der Waals surface area contributed by atoms with Gasteiger partial charge < -0.3 is 25.2 Å². The lowest BCUT2D eigenvalue weighted by atomic mass is 10.1. The van der Waals surface area contributed by atoms with Crippen molar-refractivity contribution in [2.75, 3.05) is 26.8 Å². The zero-order valence-electron chi connectivity index (χ0n) is 11.9. The molecule has 0 fully saturated rings. The highest BCUT2D eigenvalue weighted by molar-refractivity contribution is 5.83. The number of carboxylic acid groups (broad SMARTS) is 2. The van der Waals surface area contributed by atoms with Crippen LogP contribution in [0, 0.1) is 0 Å². The molecule has 0 bridgehead atoms. The average Bonchev–Trinajstić information content (AvgIpc) is 2.43. The number of hydrogen-bond donors (Lipinski definition) is 3. The van der Waals surface area contributed by atoms with Gasteiger partial charge in [-0.2, -0.15) is 0 Å². The van der Waals surface area contributed by atoms with Crippen LogP contribution < -0.4 is 5.32 Å². The predicted molar refractivity (Wildman–Crippen MR) is 73.0 cm³/mol. The molecule has 2 amide bonds. The molecule has 1 aliphatic heterocycles. The standard InChI is InChI=1S/C13H20N2O6/c1-21-8-9-4-6-15(7-5-9)13(20)14-10(12(18)19)2-3-11(16)17/h4,10H,2-3,5-8H2,1H3,(H,14,20)(H,16,17)(H,18,19). The highest BCUT2D eigenvalue weighted by atomic mass is 16.5. The van der Waals surface area contributed by atoms with Crippen molar-refractivity contribution in [3.63, 3.8) is 0 Å². The second-order valence-corrected chi connectivity index (χ2v) is 4.76. The van der Waals surface area contributed by atoms with E-state index in [1.165, 1.54) is 4.90 Å². The Kier molecular flexibility index (Phi) is 6.67. The average molecular weight is 300 g/mol. The molecular weight excluding hydrogens is 280 g/mol. The Morgan fingerprint density at radius 2 is 2.14 bits per heavy atom. The number of carboxylic acids is 2. The summed E-state index contributed by atoms with van der Waals surface area (Å²) in [5.74, 6) is -2.34. The van der Waals surface area contributed by atoms with Crippen molar-refractivity contribution < 1.29 is 29.3 Å². The third kappa shape index (κ3) is 5.82. The van der Waals surface area contributed by atoms with Crippen LogP contribution in [0.25, 0.3) is 0 Å². The number of urea groups is 1. The number of carbonyl (C=O) groups is 3. The van der Waals surface area contributed by atoms with Crippen LogP contribution >= 0.6 is 0 Å². The molecule has 21 heavy (non-hydrogen) atoms. The number of methoxy groups -OCH3 is 1. The Morgan fingerprint density at radius 3 is 2.62 bits per heavy atom. The first-order valence-electron chi connectivity index (χ1n) is 6.61. The molecule has 0 spiro atoms. The maximum Gasteiger partial charge on any atom is 0.326 e. The van der Waals surface area contributed by atoms with Gasteiger partial charge in [-0.25, -0.2) is 9.59 Å². The van der Waals surface area contributed by atoms with E-state index < -0.39 is 24.0 Å². The molecule has 8 nitrogen and oxygen atoms in total. The van der Waals surface area contributed by atoms with E-state index in [4.69, 9.17) is 14.9 Å². The van der Waals surface area contributed by atoms with Crippen molar-refractivity contribution >= 4 is 18.0 Å². The van der Waals surface area contributed by atoms with Crippen LogP contribution in [0.3, 0.4) is 0 Å². The molecule has 1 heterocycles. The van der Waals surface area contributed by atoms with Gasteiger partial charge in [0.05, 0.1) is 6.61 Å². The number of carbonyl (C=O) groups excluding carboxylic acids is 1. The molecular formula is C13H20N2O6. The van der Waals surface area contributed by atoms with E-state index in [0.29, 0.717) is 26.1 Å². The molecule has 0 aromatic rings. The molecule has 0 radical (unpaired) electrons. The highest BCUT2D eigenvalue weighted by Gasteiger charge is 2.24. The summed E-state index contributed by atoms with van der Waals surface area (Å²) >= 11 is 0. The number of rotatable bonds is 7. The van der Waals surface area contributed by atoms with Crippen molar-refractivity contribution in [1.29, 1.82) is 0 Å². The molecule has 3 N–H and O–H groups in total. The zero-order chi connectivity index (χ0) is 15.8. The largest absolute Gasteiger partial charge is 0.481 e. The Bertz CT molecular complexity index is 434. The lowest BCUT2D eigenvalue weighted by Crippen LogP contribution is -2.49. The number of nitrogens with zero attached hydrogens (tertiary/aromatic N) is 1. The van der Waals surface area contributed by atoms with Crippen molar-refractivity contribution in [2.45, 2.75) is 25.3 Å². The van der Waals surface area contributed by atoms with Gasteiger partial charge >= 0.3 is 18.0 Å². The minimum Gasteiger partial charge on any atom is -0.481 e. The van der Waals surface area contributed by atoms with Crippen LogP contribution in [0.15, 0.2) is 11.6 Å². The van der Waals surface area contributed by atoms with Crippen molar-refractivity contribution in [3.8, 4) is 0 Å². The van der Waals surface area contributed by atoms with Crippen LogP contribution in [-0.2, 0) is 14.3 Å². The number of hydrogen-bond acceptors (Lipinski definition) is 4. The smallest absolute Gasteiger partial charge is 0.326 e. The molecule has 0 aliphatic carbocycles. The summed E-state index contributed by atoms with van der Waals surface area (Å²) in [5, 5.41) is 19.9. The lowest BCUT2D eigenvalue weighted by Gasteiger charge is -2.28. The fraction of sp³-hybridized carbons (Fsp3) is 0.615. The van der Waals surface area contributed by atoms with Gasteiger partial charge in [0.15, 0.2) is 0 Å². The zero-order valence-corrected chi connectivity index (χ0v) is 11.9. The molecule has 1 unspecified atom stereocenters. The van der Waals surface area contributed by atoms with Gasteiger partial charge in [0.2, 0.25) is 0 Å². The van der Waals surface area contributed by atoms with Gasteiger partial charge in [0.25, 0.3) is 0 Å². The van der Waals surface area contributed by atoms with E-state index in [0.717, 1.165) is 5.57 Å². The fourth-order valence-electron chi connectivity index (χ4n) is 1.98. The summed E-state index contributed by atoms with van der Waals surface area (Å²) in [7, 11) is 1.60. The summed E-state index contributed by atoms with van der Waals surface area (Å²) in [4.78, 5) is 34.9. The number of aliphatic carboxylic acids is 2. The Hall–Kier alpha value is -2.09. The van der Waals surface area contributed by atoms with Crippen LogP contribution in [0.4, 0.5) is 4.79 Å². The van der Waals surface area contributed by atoms with E-state index in [2.05, 4.69) is 5.32 Å². The number of nitrogens with one attached hydrogen (secondary N) is 1. The van der Waals surface area contributed by atoms with Crippen molar-refractivity contribution in [2.24, 2.45) is 0 Å². The monoisotopic (exact) mass is 300 g/mol. The molecule has 0 saturated carbocycles. The first kappa shape index (κ1) is 17.0. The van der Waals surface area contributed by atoms with E-state index in [1.807, 2.05) is 6.08 Å². The SMILES string of the molecule is COCC1=CCN(C(=O)NC(CCC(=O)O)C(=O)O)CC1. The molecule has 0 aromatic carbocycles. The van der Waals surface area contributed by atoms with Crippen LogP contribution in [0.5, 0.6) is 0 Å².